The van der Waals surface area contributed by atoms with Gasteiger partial charge >= 0.3 is 0 Å². The molecule has 0 radical (unpaired) electrons. The number of methoxy groups -OCH3 is 1. The van der Waals surface area contributed by atoms with Crippen LogP contribution in [0.15, 0.2) is 48.5 Å². The summed E-state index contributed by atoms with van der Waals surface area (Å²) in [6, 6.07) is 14.9. The first kappa shape index (κ1) is 22.5. The summed E-state index contributed by atoms with van der Waals surface area (Å²) in [5.41, 5.74) is 3.02. The predicted molar refractivity (Wildman–Crippen MR) is 116 cm³/mol. The van der Waals surface area contributed by atoms with E-state index >= 15 is 0 Å². The van der Waals surface area contributed by atoms with Crippen LogP contribution in [0, 0.1) is 6.92 Å². The number of carbonyl (C=O) groups is 2. The maximum Gasteiger partial charge on any atom is 0.242 e. The number of rotatable bonds is 10. The predicted octanol–water partition coefficient (Wildman–Crippen LogP) is 3.88. The van der Waals surface area contributed by atoms with Crippen molar-refractivity contribution in [3.05, 3.63) is 65.2 Å². The maximum absolute atomic E-state index is 13.1. The molecule has 1 N–H and O–H groups in total. The van der Waals surface area contributed by atoms with Crippen molar-refractivity contribution in [1.29, 1.82) is 0 Å². The van der Waals surface area contributed by atoms with Crippen LogP contribution in [0.1, 0.15) is 43.4 Å². The first-order valence-corrected chi connectivity index (χ1v) is 10.2. The molecule has 0 fully saturated rings. The SMILES string of the molecule is CCCCNC(=O)[C@@H](C)N(Cc1cccc(OC)c1)C(=O)Cc1ccc(C)cc1. The van der Waals surface area contributed by atoms with E-state index in [1.807, 2.05) is 55.5 Å². The van der Waals surface area contributed by atoms with E-state index < -0.39 is 6.04 Å². The quantitative estimate of drug-likeness (QED) is 0.620. The monoisotopic (exact) mass is 396 g/mol. The highest BCUT2D eigenvalue weighted by Crippen LogP contribution is 2.17. The summed E-state index contributed by atoms with van der Waals surface area (Å²) in [4.78, 5) is 27.4. The lowest BCUT2D eigenvalue weighted by molar-refractivity contribution is -0.140. The summed E-state index contributed by atoms with van der Waals surface area (Å²) in [7, 11) is 1.61. The van der Waals surface area contributed by atoms with Crippen LogP contribution in [-0.2, 0) is 22.6 Å². The second-order valence-corrected chi connectivity index (χ2v) is 7.36. The minimum atomic E-state index is -0.559. The molecule has 2 amide bonds. The molecule has 0 heterocycles. The molecular formula is C24H32N2O3. The van der Waals surface area contributed by atoms with Crippen LogP contribution in [0.5, 0.6) is 5.75 Å². The summed E-state index contributed by atoms with van der Waals surface area (Å²) < 4.78 is 5.29. The third-order valence-corrected chi connectivity index (χ3v) is 4.96. The van der Waals surface area contributed by atoms with Crippen molar-refractivity contribution < 1.29 is 14.3 Å². The van der Waals surface area contributed by atoms with Gasteiger partial charge in [0, 0.05) is 13.1 Å². The van der Waals surface area contributed by atoms with Gasteiger partial charge in [0.1, 0.15) is 11.8 Å². The Morgan fingerprint density at radius 1 is 1.10 bits per heavy atom. The van der Waals surface area contributed by atoms with Crippen molar-refractivity contribution in [2.75, 3.05) is 13.7 Å². The van der Waals surface area contributed by atoms with Crippen molar-refractivity contribution in [2.45, 2.75) is 52.6 Å². The van der Waals surface area contributed by atoms with Gasteiger partial charge in [0.05, 0.1) is 13.5 Å². The molecule has 2 aromatic carbocycles. The molecule has 0 spiro atoms. The molecule has 5 heteroatoms. The number of carbonyl (C=O) groups excluding carboxylic acids is 2. The molecule has 0 aliphatic heterocycles. The Balaban J connectivity index is 2.19. The Labute approximate surface area is 174 Å². The molecule has 5 nitrogen and oxygen atoms in total. The van der Waals surface area contributed by atoms with Crippen molar-refractivity contribution in [1.82, 2.24) is 10.2 Å². The van der Waals surface area contributed by atoms with E-state index in [9.17, 15) is 9.59 Å². The first-order valence-electron chi connectivity index (χ1n) is 10.2. The summed E-state index contributed by atoms with van der Waals surface area (Å²) in [5, 5.41) is 2.94. The minimum Gasteiger partial charge on any atom is -0.497 e. The minimum absolute atomic E-state index is 0.0742. The van der Waals surface area contributed by atoms with Gasteiger partial charge in [-0.2, -0.15) is 0 Å². The first-order chi connectivity index (χ1) is 13.9. The van der Waals surface area contributed by atoms with Gasteiger partial charge < -0.3 is 15.0 Å². The summed E-state index contributed by atoms with van der Waals surface area (Å²) in [5.74, 6) is 0.530. The van der Waals surface area contributed by atoms with Crippen LogP contribution in [0.2, 0.25) is 0 Å². The number of aryl methyl sites for hydroxylation is 1. The van der Waals surface area contributed by atoms with Gasteiger partial charge in [-0.3, -0.25) is 9.59 Å². The van der Waals surface area contributed by atoms with E-state index in [0.717, 1.165) is 35.3 Å². The van der Waals surface area contributed by atoms with E-state index in [0.29, 0.717) is 13.1 Å². The molecule has 0 bridgehead atoms. The summed E-state index contributed by atoms with van der Waals surface area (Å²) >= 11 is 0. The van der Waals surface area contributed by atoms with E-state index in [4.69, 9.17) is 4.74 Å². The van der Waals surface area contributed by atoms with E-state index in [1.165, 1.54) is 0 Å². The van der Waals surface area contributed by atoms with Gasteiger partial charge in [-0.15, -0.1) is 0 Å². The largest absolute Gasteiger partial charge is 0.497 e. The zero-order valence-electron chi connectivity index (χ0n) is 17.9. The van der Waals surface area contributed by atoms with Crippen LogP contribution in [0.25, 0.3) is 0 Å². The van der Waals surface area contributed by atoms with Gasteiger partial charge in [0.2, 0.25) is 11.8 Å². The highest BCUT2D eigenvalue weighted by molar-refractivity contribution is 5.88. The van der Waals surface area contributed by atoms with Crippen molar-refractivity contribution in [3.8, 4) is 5.75 Å². The van der Waals surface area contributed by atoms with Crippen molar-refractivity contribution >= 4 is 11.8 Å². The maximum atomic E-state index is 13.1. The molecule has 29 heavy (non-hydrogen) atoms. The van der Waals surface area contributed by atoms with Crippen LogP contribution < -0.4 is 10.1 Å². The molecule has 0 saturated heterocycles. The normalized spacial score (nSPS) is 11.6. The lowest BCUT2D eigenvalue weighted by Crippen LogP contribution is -2.48. The number of benzene rings is 2. The third kappa shape index (κ3) is 6.93. The topological polar surface area (TPSA) is 58.6 Å². The Kier molecular flexibility index (Phi) is 8.71. The van der Waals surface area contributed by atoms with Crippen LogP contribution in [-0.4, -0.2) is 36.4 Å². The standard InChI is InChI=1S/C24H32N2O3/c1-5-6-14-25-24(28)19(3)26(17-21-8-7-9-22(15-21)29-4)23(27)16-20-12-10-18(2)11-13-20/h7-13,15,19H,5-6,14,16-17H2,1-4H3,(H,25,28)/t19-/m1/s1. The summed E-state index contributed by atoms with van der Waals surface area (Å²) in [6.45, 7) is 6.86. The number of unbranched alkanes of at least 4 members (excludes halogenated alkanes) is 1. The van der Waals surface area contributed by atoms with Crippen LogP contribution in [0.3, 0.4) is 0 Å². The number of hydrogen-bond acceptors (Lipinski definition) is 3. The van der Waals surface area contributed by atoms with Crippen molar-refractivity contribution in [3.63, 3.8) is 0 Å². The molecule has 0 aliphatic carbocycles. The molecule has 1 atom stereocenters. The summed E-state index contributed by atoms with van der Waals surface area (Å²) in [6.07, 6.45) is 2.19. The van der Waals surface area contributed by atoms with Gasteiger partial charge in [-0.1, -0.05) is 55.3 Å². The van der Waals surface area contributed by atoms with Crippen molar-refractivity contribution in [2.24, 2.45) is 0 Å². The molecule has 0 aromatic heterocycles. The fraction of sp³-hybridized carbons (Fsp3) is 0.417. The average Bonchev–Trinajstić information content (AvgIpc) is 2.73. The molecular weight excluding hydrogens is 364 g/mol. The highest BCUT2D eigenvalue weighted by Gasteiger charge is 2.26. The Morgan fingerprint density at radius 3 is 2.48 bits per heavy atom. The van der Waals surface area contributed by atoms with Gasteiger partial charge in [0.15, 0.2) is 0 Å². The Hall–Kier alpha value is -2.82. The number of nitrogens with zero attached hydrogens (tertiary/aromatic N) is 1. The highest BCUT2D eigenvalue weighted by atomic mass is 16.5. The Bertz CT molecular complexity index is 802. The van der Waals surface area contributed by atoms with E-state index in [2.05, 4.69) is 12.2 Å². The number of nitrogens with one attached hydrogen (secondary N) is 1. The van der Waals surface area contributed by atoms with Gasteiger partial charge in [-0.05, 0) is 43.5 Å². The van der Waals surface area contributed by atoms with Gasteiger partial charge in [-0.25, -0.2) is 0 Å². The molecule has 0 aliphatic rings. The van der Waals surface area contributed by atoms with Crippen LogP contribution >= 0.6 is 0 Å². The second kappa shape index (κ2) is 11.2. The average molecular weight is 397 g/mol. The zero-order valence-corrected chi connectivity index (χ0v) is 17.9. The molecule has 2 aromatic rings. The third-order valence-electron chi connectivity index (χ3n) is 4.96. The Morgan fingerprint density at radius 2 is 1.83 bits per heavy atom. The molecule has 156 valence electrons. The number of amides is 2. The second-order valence-electron chi connectivity index (χ2n) is 7.36. The lowest BCUT2D eigenvalue weighted by atomic mass is 10.1. The lowest BCUT2D eigenvalue weighted by Gasteiger charge is -2.29. The van der Waals surface area contributed by atoms with Gasteiger partial charge in [0.25, 0.3) is 0 Å². The fourth-order valence-corrected chi connectivity index (χ4v) is 3.07. The van der Waals surface area contributed by atoms with E-state index in [-0.39, 0.29) is 18.2 Å². The van der Waals surface area contributed by atoms with Crippen LogP contribution in [0.4, 0.5) is 0 Å². The van der Waals surface area contributed by atoms with E-state index in [1.54, 1.807) is 18.9 Å². The molecule has 2 rings (SSSR count). The number of ether oxygens (including phenoxy) is 1. The number of hydrogen-bond donors (Lipinski definition) is 1. The molecule has 0 saturated carbocycles. The molecule has 0 unspecified atom stereocenters. The smallest absolute Gasteiger partial charge is 0.242 e. The fourth-order valence-electron chi connectivity index (χ4n) is 3.07. The zero-order chi connectivity index (χ0) is 21.2.